The molecule has 7 rings (SSSR count). The zero-order chi connectivity index (χ0) is 37.3. The second-order valence-electron chi connectivity index (χ2n) is 13.4. The molecule has 272 valence electrons. The normalized spacial score (nSPS) is 23.4. The van der Waals surface area contributed by atoms with Crippen molar-refractivity contribution >= 4 is 57.1 Å². The molecule has 3 aliphatic rings. The van der Waals surface area contributed by atoms with Crippen molar-refractivity contribution in [2.24, 2.45) is 0 Å². The summed E-state index contributed by atoms with van der Waals surface area (Å²) >= 11 is 0.659. The molecule has 3 saturated heterocycles. The van der Waals surface area contributed by atoms with Crippen molar-refractivity contribution in [3.05, 3.63) is 41.0 Å². The third-order valence-electron chi connectivity index (χ3n) is 10.4. The van der Waals surface area contributed by atoms with Gasteiger partial charge in [-0.25, -0.2) is 18.0 Å². The van der Waals surface area contributed by atoms with Gasteiger partial charge in [0, 0.05) is 54.4 Å². The average molecular weight is 744 g/mol. The lowest BCUT2D eigenvalue weighted by molar-refractivity contribution is -0.137. The van der Waals surface area contributed by atoms with Crippen LogP contribution in [-0.4, -0.2) is 97.3 Å². The van der Waals surface area contributed by atoms with Gasteiger partial charge in [-0.3, -0.25) is 4.90 Å². The van der Waals surface area contributed by atoms with Gasteiger partial charge in [-0.2, -0.15) is 28.4 Å². The Hall–Kier alpha value is -4.50. The van der Waals surface area contributed by atoms with Crippen LogP contribution in [0.4, 0.5) is 42.0 Å². The predicted molar refractivity (Wildman–Crippen MR) is 183 cm³/mol. The van der Waals surface area contributed by atoms with Crippen LogP contribution >= 0.6 is 11.3 Å². The number of anilines is 2. The molecule has 18 heteroatoms. The number of benzene rings is 2. The number of nitriles is 1. The lowest BCUT2D eigenvalue weighted by atomic mass is 9.75. The van der Waals surface area contributed by atoms with Gasteiger partial charge in [-0.1, -0.05) is 6.07 Å². The maximum atomic E-state index is 17.2. The van der Waals surface area contributed by atoms with E-state index >= 15 is 17.6 Å². The molecule has 3 unspecified atom stereocenters. The fourth-order valence-electron chi connectivity index (χ4n) is 8.10. The van der Waals surface area contributed by atoms with Gasteiger partial charge in [0.05, 0.1) is 28.5 Å². The number of nitrogens with two attached hydrogens (primary N) is 1. The van der Waals surface area contributed by atoms with Gasteiger partial charge in [0.15, 0.2) is 5.82 Å². The second kappa shape index (κ2) is 12.9. The molecule has 2 N–H and O–H groups in total. The van der Waals surface area contributed by atoms with Crippen molar-refractivity contribution in [3.63, 3.8) is 0 Å². The Bertz CT molecular complexity index is 2150. The molecule has 3 fully saturated rings. The standard InChI is InChI=1S/C34H32BF6N7O3S/c1-3-48(33(35)8-10-46(15-33)31(49)50-2)29-19-11-21(34(39,40)41)24(18-5-6-22(37)27-23(18)20(13-42)28(43)52-27)25(38)26(19)44-30(45-29)51-16-32-7-4-9-47(32)14-17(36)12-32/h5-6,11,17H,3-4,7-10,12,14-16,43H2,1-2H3. The van der Waals surface area contributed by atoms with Crippen molar-refractivity contribution in [2.45, 2.75) is 55.9 Å². The summed E-state index contributed by atoms with van der Waals surface area (Å²) in [7, 11) is 8.06. The number of methoxy groups -OCH3 is 1. The summed E-state index contributed by atoms with van der Waals surface area (Å²) in [5.41, 5.74) is 0.211. The minimum absolute atomic E-state index is 0.0569. The molecule has 0 aliphatic carbocycles. The zero-order valence-corrected chi connectivity index (χ0v) is 28.9. The number of rotatable bonds is 7. The number of aromatic nitrogens is 2. The van der Waals surface area contributed by atoms with Crippen LogP contribution in [0.2, 0.25) is 0 Å². The van der Waals surface area contributed by atoms with Crippen LogP contribution in [0.5, 0.6) is 6.01 Å². The highest BCUT2D eigenvalue weighted by Crippen LogP contribution is 2.49. The highest BCUT2D eigenvalue weighted by atomic mass is 32.1. The molecule has 10 nitrogen and oxygen atoms in total. The Morgan fingerprint density at radius 3 is 2.71 bits per heavy atom. The summed E-state index contributed by atoms with van der Waals surface area (Å²) in [6.07, 6.45) is -5.12. The van der Waals surface area contributed by atoms with Gasteiger partial charge in [-0.05, 0) is 50.4 Å². The SMILES string of the molecule is [B]C1(N(CC)c2nc(OCC34CCCN3CC(F)C4)nc3c(F)c(-c4ccc(F)c5sc(N)c(C#N)c45)c(C(F)(F)F)cc23)CCN(C(=O)OC)C1. The maximum Gasteiger partial charge on any atom is 0.417 e. The van der Waals surface area contributed by atoms with Crippen LogP contribution in [0.15, 0.2) is 18.2 Å². The summed E-state index contributed by atoms with van der Waals surface area (Å²) in [5.74, 6) is -2.47. The number of halogens is 6. The molecule has 2 radical (unpaired) electrons. The summed E-state index contributed by atoms with van der Waals surface area (Å²) in [6, 6.07) is 3.97. The molecule has 5 heterocycles. The number of likely N-dealkylation sites (tertiary alicyclic amines) is 1. The quantitative estimate of drug-likeness (QED) is 0.170. The van der Waals surface area contributed by atoms with E-state index in [4.69, 9.17) is 23.1 Å². The van der Waals surface area contributed by atoms with Gasteiger partial charge in [-0.15, -0.1) is 11.3 Å². The first-order chi connectivity index (χ1) is 24.6. The van der Waals surface area contributed by atoms with E-state index in [1.54, 1.807) is 6.92 Å². The Morgan fingerprint density at radius 1 is 1.25 bits per heavy atom. The van der Waals surface area contributed by atoms with E-state index in [2.05, 4.69) is 9.97 Å². The molecule has 3 aliphatic heterocycles. The Labute approximate surface area is 299 Å². The fourth-order valence-corrected chi connectivity index (χ4v) is 9.05. The van der Waals surface area contributed by atoms with Crippen LogP contribution in [0.25, 0.3) is 32.1 Å². The largest absolute Gasteiger partial charge is 0.461 e. The van der Waals surface area contributed by atoms with E-state index in [0.717, 1.165) is 18.6 Å². The Kier molecular flexibility index (Phi) is 8.88. The first kappa shape index (κ1) is 35.9. The minimum Gasteiger partial charge on any atom is -0.461 e. The number of thiophene rings is 1. The topological polar surface area (TPSA) is 121 Å². The molecular formula is C34H32BF6N7O3S. The number of hydrogen-bond acceptors (Lipinski definition) is 10. The van der Waals surface area contributed by atoms with Gasteiger partial charge in [0.2, 0.25) is 0 Å². The van der Waals surface area contributed by atoms with Crippen LogP contribution in [0, 0.1) is 23.0 Å². The third kappa shape index (κ3) is 5.72. The molecule has 1 amide bonds. The number of nitrogens with zero attached hydrogens (tertiary/aromatic N) is 6. The molecule has 52 heavy (non-hydrogen) atoms. The molecule has 2 aromatic carbocycles. The van der Waals surface area contributed by atoms with Crippen molar-refractivity contribution in [1.82, 2.24) is 19.8 Å². The molecule has 3 atom stereocenters. The smallest absolute Gasteiger partial charge is 0.417 e. The number of carbonyl (C=O) groups is 1. The van der Waals surface area contributed by atoms with E-state index in [0.29, 0.717) is 30.4 Å². The summed E-state index contributed by atoms with van der Waals surface area (Å²) in [6.45, 7) is 2.61. The third-order valence-corrected chi connectivity index (χ3v) is 11.5. The summed E-state index contributed by atoms with van der Waals surface area (Å²) in [5, 5.41) is 9.07. The van der Waals surface area contributed by atoms with Gasteiger partial charge >= 0.3 is 18.3 Å². The van der Waals surface area contributed by atoms with E-state index in [1.807, 2.05) is 11.0 Å². The fraction of sp³-hybridized carbons (Fsp3) is 0.471. The average Bonchev–Trinajstić information content (AvgIpc) is 3.85. The van der Waals surface area contributed by atoms with Crippen LogP contribution in [0.3, 0.4) is 0 Å². The minimum atomic E-state index is -5.17. The molecule has 4 aromatic rings. The van der Waals surface area contributed by atoms with E-state index in [1.165, 1.54) is 16.9 Å². The summed E-state index contributed by atoms with van der Waals surface area (Å²) < 4.78 is 103. The van der Waals surface area contributed by atoms with Crippen LogP contribution in [0.1, 0.15) is 43.7 Å². The number of amides is 1. The van der Waals surface area contributed by atoms with Crippen molar-refractivity contribution in [1.29, 1.82) is 5.26 Å². The first-order valence-electron chi connectivity index (χ1n) is 16.6. The summed E-state index contributed by atoms with van der Waals surface area (Å²) in [4.78, 5) is 26.0. The number of fused-ring (bicyclic) bond motifs is 3. The molecule has 0 bridgehead atoms. The lowest BCUT2D eigenvalue weighted by Gasteiger charge is -2.40. The number of carbonyl (C=O) groups excluding carboxylic acids is 1. The first-order valence-corrected chi connectivity index (χ1v) is 17.4. The lowest BCUT2D eigenvalue weighted by Crippen LogP contribution is -2.52. The molecule has 2 aromatic heterocycles. The van der Waals surface area contributed by atoms with Crippen molar-refractivity contribution < 1.29 is 40.6 Å². The highest BCUT2D eigenvalue weighted by Gasteiger charge is 2.50. The van der Waals surface area contributed by atoms with E-state index < -0.39 is 63.3 Å². The number of ether oxygens (including phenoxy) is 2. The number of nitrogen functional groups attached to an aromatic ring is 1. The van der Waals surface area contributed by atoms with E-state index in [9.17, 15) is 18.8 Å². The highest BCUT2D eigenvalue weighted by molar-refractivity contribution is 7.23. The number of likely N-dealkylation sites (N-methyl/N-ethyl adjacent to an activating group) is 1. The van der Waals surface area contributed by atoms with Gasteiger partial charge in [0.25, 0.3) is 0 Å². The van der Waals surface area contributed by atoms with E-state index in [-0.39, 0.29) is 83.5 Å². The predicted octanol–water partition coefficient (Wildman–Crippen LogP) is 6.38. The van der Waals surface area contributed by atoms with Gasteiger partial charge in [0.1, 0.15) is 48.8 Å². The van der Waals surface area contributed by atoms with Crippen molar-refractivity contribution in [3.8, 4) is 23.2 Å². The molecule has 0 saturated carbocycles. The Morgan fingerprint density at radius 2 is 2.02 bits per heavy atom. The molecule has 0 spiro atoms. The molecular weight excluding hydrogens is 711 g/mol. The number of hydrogen-bond donors (Lipinski definition) is 1. The Balaban J connectivity index is 1.47. The second-order valence-corrected chi connectivity index (χ2v) is 14.5. The van der Waals surface area contributed by atoms with Crippen LogP contribution < -0.4 is 15.4 Å². The zero-order valence-electron chi connectivity index (χ0n) is 28.1. The van der Waals surface area contributed by atoms with Crippen LogP contribution in [-0.2, 0) is 10.9 Å². The maximum absolute atomic E-state index is 17.2. The van der Waals surface area contributed by atoms with Gasteiger partial charge < -0.3 is 25.0 Å². The number of alkyl halides is 4. The van der Waals surface area contributed by atoms with Crippen molar-refractivity contribution in [2.75, 3.05) is 57.1 Å². The monoisotopic (exact) mass is 743 g/mol.